The van der Waals surface area contributed by atoms with Gasteiger partial charge in [-0.25, -0.2) is 4.57 Å². The number of carbonyl (C=O) groups excluding carboxylic acids is 2. The van der Waals surface area contributed by atoms with E-state index in [0.29, 0.717) is 12.8 Å². The number of phosphoric acid groups is 1. The van der Waals surface area contributed by atoms with E-state index in [9.17, 15) is 29.3 Å². The molecule has 0 aromatic heterocycles. The van der Waals surface area contributed by atoms with Crippen LogP contribution in [0.15, 0.2) is 85.1 Å². The molecule has 0 amide bonds. The van der Waals surface area contributed by atoms with Gasteiger partial charge in [-0.15, -0.1) is 0 Å². The van der Waals surface area contributed by atoms with Gasteiger partial charge in [-0.3, -0.25) is 18.6 Å². The molecule has 362 valence electrons. The van der Waals surface area contributed by atoms with Crippen LogP contribution in [0.3, 0.4) is 0 Å². The van der Waals surface area contributed by atoms with Gasteiger partial charge in [-0.1, -0.05) is 176 Å². The third-order valence-corrected chi connectivity index (χ3v) is 11.0. The van der Waals surface area contributed by atoms with Gasteiger partial charge in [0, 0.05) is 12.8 Å². The fourth-order valence-electron chi connectivity index (χ4n) is 6.35. The number of rotatable bonds is 45. The number of ether oxygens (including phenoxy) is 2. The Hall–Kier alpha value is -2.85. The zero-order chi connectivity index (χ0) is 46.2. The molecule has 10 nitrogen and oxygen atoms in total. The SMILES string of the molecule is CC/C=C\C/C=C\C/C=C\C/C=C\C/C=C\CCCCCC(=O)OC(CO)COP(=O)(O)OCC(CO)OC(=O)CCCCCCCCCCC/C=C\C/C=C\CCCCCCC. The molecule has 0 aliphatic heterocycles. The van der Waals surface area contributed by atoms with Crippen LogP contribution in [0.4, 0.5) is 0 Å². The van der Waals surface area contributed by atoms with Crippen LogP contribution < -0.4 is 0 Å². The normalized spacial score (nSPS) is 14.4. The lowest BCUT2D eigenvalue weighted by Gasteiger charge is -2.20. The highest BCUT2D eigenvalue weighted by Crippen LogP contribution is 2.43. The Morgan fingerprint density at radius 1 is 0.444 bits per heavy atom. The molecule has 0 spiro atoms. The third kappa shape index (κ3) is 45.5. The standard InChI is InChI=1S/C52H89O10P/c1-3-5-7-9-11-13-15-17-19-21-23-24-26-28-30-32-34-36-38-40-42-44-52(56)62-50(46-54)48-60-63(57,58)59-47-49(45-53)61-51(55)43-41-39-37-35-33-31-29-27-25-22-20-18-16-14-12-10-8-6-4-2/h6,8,12,14-15,17-18,20-21,23,25,27,31,33,49-50,53-54H,3-5,7,9-11,13,16,19,22,24,26,28-30,32,34-48H2,1-2H3,(H,57,58)/b8-6-,14-12-,17-15-,20-18-,23-21-,27-25-,33-31-. The first-order chi connectivity index (χ1) is 30.8. The summed E-state index contributed by atoms with van der Waals surface area (Å²) in [7, 11) is -4.66. The van der Waals surface area contributed by atoms with Crippen LogP contribution in [0.1, 0.15) is 194 Å². The van der Waals surface area contributed by atoms with Gasteiger partial charge in [0.2, 0.25) is 0 Å². The van der Waals surface area contributed by atoms with Gasteiger partial charge in [0.15, 0.2) is 0 Å². The molecule has 0 saturated carbocycles. The Morgan fingerprint density at radius 2 is 0.746 bits per heavy atom. The number of aliphatic hydroxyl groups is 2. The summed E-state index contributed by atoms with van der Waals surface area (Å²) in [5, 5.41) is 19.2. The maximum Gasteiger partial charge on any atom is 0.472 e. The summed E-state index contributed by atoms with van der Waals surface area (Å²) in [5.41, 5.74) is 0. The largest absolute Gasteiger partial charge is 0.472 e. The Kier molecular flexibility index (Phi) is 45.0. The van der Waals surface area contributed by atoms with Crippen LogP contribution in [0.5, 0.6) is 0 Å². The molecule has 3 atom stereocenters. The van der Waals surface area contributed by atoms with Crippen LogP contribution in [0.2, 0.25) is 0 Å². The topological polar surface area (TPSA) is 149 Å². The molecular weight excluding hydrogens is 816 g/mol. The van der Waals surface area contributed by atoms with Crippen molar-refractivity contribution in [1.29, 1.82) is 0 Å². The minimum absolute atomic E-state index is 0.148. The highest BCUT2D eigenvalue weighted by Gasteiger charge is 2.27. The highest BCUT2D eigenvalue weighted by molar-refractivity contribution is 7.47. The van der Waals surface area contributed by atoms with E-state index in [1.54, 1.807) is 0 Å². The van der Waals surface area contributed by atoms with Crippen molar-refractivity contribution in [3.8, 4) is 0 Å². The van der Waals surface area contributed by atoms with E-state index in [1.807, 2.05) is 0 Å². The van der Waals surface area contributed by atoms with Crippen LogP contribution >= 0.6 is 7.82 Å². The maximum absolute atomic E-state index is 12.4. The summed E-state index contributed by atoms with van der Waals surface area (Å²) in [6.45, 7) is 2.04. The summed E-state index contributed by atoms with van der Waals surface area (Å²) < 4.78 is 32.7. The van der Waals surface area contributed by atoms with Gasteiger partial charge in [-0.2, -0.15) is 0 Å². The first kappa shape index (κ1) is 60.2. The van der Waals surface area contributed by atoms with Gasteiger partial charge in [-0.05, 0) is 89.9 Å². The first-order valence-electron chi connectivity index (χ1n) is 24.5. The first-order valence-corrected chi connectivity index (χ1v) is 26.0. The van der Waals surface area contributed by atoms with Crippen LogP contribution in [0, 0.1) is 0 Å². The van der Waals surface area contributed by atoms with Crippen molar-refractivity contribution in [3.63, 3.8) is 0 Å². The van der Waals surface area contributed by atoms with Gasteiger partial charge >= 0.3 is 19.8 Å². The number of phosphoric ester groups is 1. The number of hydrogen-bond donors (Lipinski definition) is 3. The Morgan fingerprint density at radius 3 is 1.10 bits per heavy atom. The lowest BCUT2D eigenvalue weighted by molar-refractivity contribution is -0.153. The second kappa shape index (κ2) is 47.1. The molecule has 0 aromatic carbocycles. The Balaban J connectivity index is 3.93. The van der Waals surface area contributed by atoms with Crippen molar-refractivity contribution < 1.29 is 47.8 Å². The lowest BCUT2D eigenvalue weighted by Crippen LogP contribution is -2.28. The molecule has 0 fully saturated rings. The molecule has 0 aromatic rings. The van der Waals surface area contributed by atoms with Crippen molar-refractivity contribution >= 4 is 19.8 Å². The zero-order valence-corrected chi connectivity index (χ0v) is 40.4. The average Bonchev–Trinajstić information content (AvgIpc) is 3.27. The average molecular weight is 905 g/mol. The van der Waals surface area contributed by atoms with Crippen LogP contribution in [-0.2, 0) is 32.7 Å². The number of aliphatic hydroxyl groups excluding tert-OH is 2. The van der Waals surface area contributed by atoms with Crippen molar-refractivity contribution in [2.24, 2.45) is 0 Å². The Bertz CT molecular complexity index is 1320. The number of unbranched alkanes of at least 4 members (excludes halogenated alkanes) is 17. The molecule has 0 heterocycles. The number of hydrogen-bond acceptors (Lipinski definition) is 9. The molecule has 11 heteroatoms. The zero-order valence-electron chi connectivity index (χ0n) is 39.5. The second-order valence-corrected chi connectivity index (χ2v) is 17.5. The van der Waals surface area contributed by atoms with Crippen molar-refractivity contribution in [1.82, 2.24) is 0 Å². The van der Waals surface area contributed by atoms with E-state index in [1.165, 1.54) is 70.6 Å². The molecule has 3 unspecified atom stereocenters. The lowest BCUT2D eigenvalue weighted by atomic mass is 10.1. The smallest absolute Gasteiger partial charge is 0.457 e. The van der Waals surface area contributed by atoms with Gasteiger partial charge < -0.3 is 24.6 Å². The Labute approximate surface area is 383 Å². The van der Waals surface area contributed by atoms with Crippen molar-refractivity contribution in [2.45, 2.75) is 206 Å². The highest BCUT2D eigenvalue weighted by atomic mass is 31.2. The van der Waals surface area contributed by atoms with E-state index in [2.05, 4.69) is 98.9 Å². The molecule has 0 saturated heterocycles. The number of carbonyl (C=O) groups is 2. The molecule has 0 radical (unpaired) electrons. The third-order valence-electron chi connectivity index (χ3n) is 10.1. The monoisotopic (exact) mass is 905 g/mol. The van der Waals surface area contributed by atoms with Crippen LogP contribution in [0.25, 0.3) is 0 Å². The van der Waals surface area contributed by atoms with Crippen LogP contribution in [-0.4, -0.2) is 65.7 Å². The second-order valence-electron chi connectivity index (χ2n) is 16.1. The molecule has 63 heavy (non-hydrogen) atoms. The minimum Gasteiger partial charge on any atom is -0.457 e. The fraction of sp³-hybridized carbons (Fsp3) is 0.692. The van der Waals surface area contributed by atoms with Gasteiger partial charge in [0.05, 0.1) is 26.4 Å². The predicted octanol–water partition coefficient (Wildman–Crippen LogP) is 13.8. The van der Waals surface area contributed by atoms with E-state index in [-0.39, 0.29) is 12.8 Å². The molecule has 0 bridgehead atoms. The quantitative estimate of drug-likeness (QED) is 0.0233. The van der Waals surface area contributed by atoms with Gasteiger partial charge in [0.25, 0.3) is 0 Å². The van der Waals surface area contributed by atoms with E-state index < -0.39 is 58.4 Å². The molecule has 0 rings (SSSR count). The molecule has 3 N–H and O–H groups in total. The number of allylic oxidation sites excluding steroid dienone is 14. The number of esters is 2. The summed E-state index contributed by atoms with van der Waals surface area (Å²) in [5.74, 6) is -1.06. The summed E-state index contributed by atoms with van der Waals surface area (Å²) in [6, 6.07) is 0. The van der Waals surface area contributed by atoms with Gasteiger partial charge in [0.1, 0.15) is 12.2 Å². The summed E-state index contributed by atoms with van der Waals surface area (Å²) in [6.07, 6.45) is 56.9. The van der Waals surface area contributed by atoms with E-state index in [4.69, 9.17) is 18.5 Å². The maximum atomic E-state index is 12.4. The minimum atomic E-state index is -4.66. The van der Waals surface area contributed by atoms with Crippen molar-refractivity contribution in [3.05, 3.63) is 85.1 Å². The van der Waals surface area contributed by atoms with E-state index >= 15 is 0 Å². The predicted molar refractivity (Wildman–Crippen MR) is 260 cm³/mol. The molecular formula is C52H89O10P. The van der Waals surface area contributed by atoms with E-state index in [0.717, 1.165) is 83.5 Å². The van der Waals surface area contributed by atoms with Crippen molar-refractivity contribution in [2.75, 3.05) is 26.4 Å². The molecule has 0 aliphatic carbocycles. The fourth-order valence-corrected chi connectivity index (χ4v) is 7.13. The molecule has 0 aliphatic rings. The summed E-state index contributed by atoms with van der Waals surface area (Å²) >= 11 is 0. The summed E-state index contributed by atoms with van der Waals surface area (Å²) in [4.78, 5) is 34.6.